The van der Waals surface area contributed by atoms with E-state index in [1.54, 1.807) is 0 Å². The topological polar surface area (TPSA) is 57.2 Å². The summed E-state index contributed by atoms with van der Waals surface area (Å²) < 4.78 is 45.1. The van der Waals surface area contributed by atoms with Gasteiger partial charge in [-0.05, 0) is 26.3 Å². The molecule has 200 valence electrons. The monoisotopic (exact) mass is 514 g/mol. The fraction of sp³-hybridized carbons (Fsp3) is 0.536. The Hall–Kier alpha value is -2.94. The second kappa shape index (κ2) is 10.4. The van der Waals surface area contributed by atoms with Crippen molar-refractivity contribution in [2.24, 2.45) is 5.41 Å². The number of nitrogens with one attached hydrogen (secondary N) is 1. The molecule has 0 atom stereocenters. The molecule has 6 nitrogen and oxygen atoms in total. The van der Waals surface area contributed by atoms with Crippen LogP contribution in [0.15, 0.2) is 30.6 Å². The summed E-state index contributed by atoms with van der Waals surface area (Å²) in [4.78, 5) is 18.3. The molecule has 37 heavy (non-hydrogen) atoms. The first kappa shape index (κ1) is 27.1. The standard InChI is InChI=1S/C28H37F3N6/c1-7-22-23(37-13-11-36(12-14-37)18(2)3)15-20-25(33-17-34-26(20)35-22)32-16-19-9-8-10-21(24(19)29)28(30,31)27(4,5)6/h8-10,15,17-18H,7,11-14,16H2,1-6H3,(H,32,33,34,35). The van der Waals surface area contributed by atoms with Crippen LogP contribution in [-0.4, -0.2) is 52.1 Å². The van der Waals surface area contributed by atoms with Crippen LogP contribution in [0, 0.1) is 11.2 Å². The molecule has 9 heteroatoms. The van der Waals surface area contributed by atoms with E-state index in [1.165, 1.54) is 39.2 Å². The molecule has 0 unspecified atom stereocenters. The van der Waals surface area contributed by atoms with Gasteiger partial charge >= 0.3 is 0 Å². The van der Waals surface area contributed by atoms with Crippen molar-refractivity contribution < 1.29 is 13.2 Å². The average Bonchev–Trinajstić information content (AvgIpc) is 2.86. The van der Waals surface area contributed by atoms with Gasteiger partial charge in [-0.2, -0.15) is 0 Å². The molecule has 0 radical (unpaired) electrons. The third-order valence-electron chi connectivity index (χ3n) is 7.21. The first-order valence-electron chi connectivity index (χ1n) is 13.0. The largest absolute Gasteiger partial charge is 0.367 e. The summed E-state index contributed by atoms with van der Waals surface area (Å²) in [6.07, 6.45) is 2.18. The number of halogens is 3. The average molecular weight is 515 g/mol. The number of alkyl halides is 2. The van der Waals surface area contributed by atoms with Gasteiger partial charge in [-0.25, -0.2) is 28.1 Å². The van der Waals surface area contributed by atoms with E-state index in [9.17, 15) is 8.78 Å². The van der Waals surface area contributed by atoms with Crippen LogP contribution < -0.4 is 10.2 Å². The fourth-order valence-corrected chi connectivity index (χ4v) is 4.71. The Balaban J connectivity index is 1.63. The molecule has 1 aromatic carbocycles. The molecule has 0 saturated carbocycles. The van der Waals surface area contributed by atoms with Crippen LogP contribution in [-0.2, 0) is 18.9 Å². The Morgan fingerprint density at radius 3 is 2.38 bits per heavy atom. The predicted octanol–water partition coefficient (Wildman–Crippen LogP) is 6.01. The highest BCUT2D eigenvalue weighted by molar-refractivity contribution is 5.89. The molecule has 0 amide bonds. The minimum absolute atomic E-state index is 0.00390. The van der Waals surface area contributed by atoms with Crippen molar-refractivity contribution in [1.82, 2.24) is 19.9 Å². The van der Waals surface area contributed by atoms with Crippen molar-refractivity contribution in [1.29, 1.82) is 0 Å². The number of benzene rings is 1. The molecule has 0 bridgehead atoms. The quantitative estimate of drug-likeness (QED) is 0.417. The van der Waals surface area contributed by atoms with E-state index < -0.39 is 22.7 Å². The van der Waals surface area contributed by atoms with Crippen LogP contribution in [0.25, 0.3) is 11.0 Å². The van der Waals surface area contributed by atoms with E-state index in [1.807, 2.05) is 0 Å². The highest BCUT2D eigenvalue weighted by Gasteiger charge is 2.46. The van der Waals surface area contributed by atoms with Gasteiger partial charge in [0.15, 0.2) is 5.65 Å². The van der Waals surface area contributed by atoms with Crippen molar-refractivity contribution in [2.45, 2.75) is 66.5 Å². The Bertz CT molecular complexity index is 1250. The summed E-state index contributed by atoms with van der Waals surface area (Å²) in [5.41, 5.74) is 0.711. The summed E-state index contributed by atoms with van der Waals surface area (Å²) in [6.45, 7) is 14.5. The maximum Gasteiger partial charge on any atom is 0.280 e. The number of fused-ring (bicyclic) bond motifs is 1. The number of aromatic nitrogens is 3. The summed E-state index contributed by atoms with van der Waals surface area (Å²) in [5.74, 6) is -3.72. The van der Waals surface area contributed by atoms with Crippen LogP contribution in [0.1, 0.15) is 58.4 Å². The third kappa shape index (κ3) is 5.37. The van der Waals surface area contributed by atoms with E-state index >= 15 is 4.39 Å². The number of piperazine rings is 1. The van der Waals surface area contributed by atoms with Crippen LogP contribution in [0.4, 0.5) is 24.7 Å². The Morgan fingerprint density at radius 2 is 1.76 bits per heavy atom. The second-order valence-corrected chi connectivity index (χ2v) is 11.0. The molecule has 0 aliphatic carbocycles. The molecule has 1 saturated heterocycles. The SMILES string of the molecule is CCc1nc2ncnc(NCc3cccc(C(F)(F)C(C)(C)C)c3F)c2cc1N1CCN(C(C)C)CC1. The highest BCUT2D eigenvalue weighted by Crippen LogP contribution is 2.45. The Kier molecular flexibility index (Phi) is 7.65. The van der Waals surface area contributed by atoms with Gasteiger partial charge in [-0.3, -0.25) is 4.90 Å². The van der Waals surface area contributed by atoms with Crippen LogP contribution in [0.5, 0.6) is 0 Å². The first-order chi connectivity index (χ1) is 17.4. The van der Waals surface area contributed by atoms with Crippen LogP contribution in [0.2, 0.25) is 0 Å². The molecule has 0 spiro atoms. The second-order valence-electron chi connectivity index (χ2n) is 11.0. The lowest BCUT2D eigenvalue weighted by molar-refractivity contribution is -0.107. The highest BCUT2D eigenvalue weighted by atomic mass is 19.3. The van der Waals surface area contributed by atoms with E-state index in [4.69, 9.17) is 4.98 Å². The van der Waals surface area contributed by atoms with Crippen molar-refractivity contribution >= 4 is 22.5 Å². The number of hydrogen-bond donors (Lipinski definition) is 1. The third-order valence-corrected chi connectivity index (χ3v) is 7.21. The summed E-state index contributed by atoms with van der Waals surface area (Å²) >= 11 is 0. The number of anilines is 2. The molecule has 4 rings (SSSR count). The molecular weight excluding hydrogens is 477 g/mol. The van der Waals surface area contributed by atoms with Crippen LogP contribution >= 0.6 is 0 Å². The predicted molar refractivity (Wildman–Crippen MR) is 143 cm³/mol. The van der Waals surface area contributed by atoms with Gasteiger partial charge in [0.1, 0.15) is 18.0 Å². The lowest BCUT2D eigenvalue weighted by atomic mass is 9.83. The van der Waals surface area contributed by atoms with E-state index in [-0.39, 0.29) is 12.1 Å². The smallest absolute Gasteiger partial charge is 0.280 e. The molecule has 3 aromatic rings. The van der Waals surface area contributed by atoms with Crippen molar-refractivity contribution in [3.63, 3.8) is 0 Å². The first-order valence-corrected chi connectivity index (χ1v) is 13.0. The number of rotatable bonds is 7. The minimum Gasteiger partial charge on any atom is -0.367 e. The molecule has 2 aromatic heterocycles. The Labute approximate surface area is 217 Å². The molecule has 1 aliphatic rings. The number of nitrogens with zero attached hydrogens (tertiary/aromatic N) is 5. The lowest BCUT2D eigenvalue weighted by Crippen LogP contribution is -2.49. The van der Waals surface area contributed by atoms with E-state index in [2.05, 4.69) is 51.9 Å². The zero-order valence-electron chi connectivity index (χ0n) is 22.6. The van der Waals surface area contributed by atoms with Gasteiger partial charge in [0.05, 0.1) is 22.3 Å². The van der Waals surface area contributed by atoms with Crippen molar-refractivity contribution in [3.8, 4) is 0 Å². The van der Waals surface area contributed by atoms with Gasteiger partial charge in [0, 0.05) is 49.7 Å². The fourth-order valence-electron chi connectivity index (χ4n) is 4.71. The zero-order chi connectivity index (χ0) is 27.0. The maximum atomic E-state index is 15.2. The Morgan fingerprint density at radius 1 is 1.05 bits per heavy atom. The van der Waals surface area contributed by atoms with Gasteiger partial charge in [-0.1, -0.05) is 45.9 Å². The normalized spacial score (nSPS) is 15.6. The van der Waals surface area contributed by atoms with Gasteiger partial charge < -0.3 is 10.2 Å². The lowest BCUT2D eigenvalue weighted by Gasteiger charge is -2.38. The van der Waals surface area contributed by atoms with Crippen LogP contribution in [0.3, 0.4) is 0 Å². The van der Waals surface area contributed by atoms with Gasteiger partial charge in [0.2, 0.25) is 0 Å². The molecule has 3 heterocycles. The van der Waals surface area contributed by atoms with Gasteiger partial charge in [-0.15, -0.1) is 0 Å². The maximum absolute atomic E-state index is 15.2. The molecular formula is C28H37F3N6. The zero-order valence-corrected chi connectivity index (χ0v) is 22.6. The summed E-state index contributed by atoms with van der Waals surface area (Å²) in [5, 5.41) is 3.87. The number of aryl methyl sites for hydroxylation is 1. The minimum atomic E-state index is -3.32. The summed E-state index contributed by atoms with van der Waals surface area (Å²) in [7, 11) is 0. The van der Waals surface area contributed by atoms with Crippen molar-refractivity contribution in [3.05, 3.63) is 53.2 Å². The summed E-state index contributed by atoms with van der Waals surface area (Å²) in [6, 6.07) is 6.70. The molecule has 1 aliphatic heterocycles. The van der Waals surface area contributed by atoms with E-state index in [0.29, 0.717) is 17.5 Å². The van der Waals surface area contributed by atoms with Crippen molar-refractivity contribution in [2.75, 3.05) is 36.4 Å². The molecule has 1 N–H and O–H groups in total. The number of hydrogen-bond acceptors (Lipinski definition) is 6. The van der Waals surface area contributed by atoms with Gasteiger partial charge in [0.25, 0.3) is 5.92 Å². The van der Waals surface area contributed by atoms with E-state index in [0.717, 1.165) is 55.4 Å². The number of pyridine rings is 1. The molecule has 1 fully saturated rings.